The Kier molecular flexibility index (Phi) is 2.98. The van der Waals surface area contributed by atoms with E-state index in [-0.39, 0.29) is 4.87 Å². The first-order chi connectivity index (χ1) is 10.9. The van der Waals surface area contributed by atoms with Gasteiger partial charge in [0.05, 0.1) is 21.7 Å². The number of benzene rings is 1. The fraction of sp³-hybridized carbons (Fsp3) is 0.267. The SMILES string of the molecule is C[C@@]1(C(=O)[O-])Sc2[nH]c(=O)sc2[C@H]2c3ccccc3OC(=O)[C@H]21. The Bertz CT molecular complexity index is 901. The molecule has 1 aromatic carbocycles. The summed E-state index contributed by atoms with van der Waals surface area (Å²) in [6.07, 6.45) is 0. The van der Waals surface area contributed by atoms with Crippen molar-refractivity contribution in [3.8, 4) is 5.75 Å². The number of hydrogen-bond acceptors (Lipinski definition) is 7. The van der Waals surface area contributed by atoms with Crippen molar-refractivity contribution in [1.82, 2.24) is 4.98 Å². The summed E-state index contributed by atoms with van der Waals surface area (Å²) < 4.78 is 3.82. The molecular formula is C15H10NO5S2-. The topological polar surface area (TPSA) is 99.3 Å². The van der Waals surface area contributed by atoms with Gasteiger partial charge in [0, 0.05) is 16.4 Å². The quantitative estimate of drug-likeness (QED) is 0.602. The number of aliphatic carboxylic acids is 1. The molecule has 0 fully saturated rings. The predicted octanol–water partition coefficient (Wildman–Crippen LogP) is 0.718. The average Bonchev–Trinajstić information content (AvgIpc) is 2.86. The number of esters is 1. The number of aromatic amines is 1. The molecule has 8 heteroatoms. The van der Waals surface area contributed by atoms with Crippen LogP contribution in [0.1, 0.15) is 23.3 Å². The van der Waals surface area contributed by atoms with E-state index >= 15 is 0 Å². The Hall–Kier alpha value is -2.06. The van der Waals surface area contributed by atoms with Gasteiger partial charge in [-0.05, 0) is 13.0 Å². The van der Waals surface area contributed by atoms with Gasteiger partial charge in [-0.3, -0.25) is 9.59 Å². The number of aromatic nitrogens is 1. The van der Waals surface area contributed by atoms with Crippen LogP contribution in [-0.2, 0) is 9.59 Å². The Morgan fingerprint density at radius 2 is 2.09 bits per heavy atom. The maximum absolute atomic E-state index is 12.5. The highest BCUT2D eigenvalue weighted by Crippen LogP contribution is 2.57. The van der Waals surface area contributed by atoms with Crippen molar-refractivity contribution >= 4 is 35.0 Å². The smallest absolute Gasteiger partial charge is 0.317 e. The van der Waals surface area contributed by atoms with Crippen LogP contribution in [-0.4, -0.2) is 21.7 Å². The second kappa shape index (κ2) is 4.72. The van der Waals surface area contributed by atoms with Crippen molar-refractivity contribution in [3.05, 3.63) is 44.4 Å². The third kappa shape index (κ3) is 1.91. The van der Waals surface area contributed by atoms with E-state index in [4.69, 9.17) is 4.74 Å². The first kappa shape index (κ1) is 14.5. The Labute approximate surface area is 138 Å². The van der Waals surface area contributed by atoms with Gasteiger partial charge in [-0.1, -0.05) is 41.3 Å². The molecule has 2 aromatic rings. The van der Waals surface area contributed by atoms with Crippen molar-refractivity contribution in [2.45, 2.75) is 22.6 Å². The molecule has 4 rings (SSSR count). The molecule has 0 saturated carbocycles. The maximum Gasteiger partial charge on any atom is 0.317 e. The fourth-order valence-electron chi connectivity index (χ4n) is 3.20. The molecule has 2 aliphatic rings. The summed E-state index contributed by atoms with van der Waals surface area (Å²) in [5.74, 6) is -3.05. The molecule has 1 aromatic heterocycles. The number of carboxylic acid groups (broad SMARTS) is 1. The van der Waals surface area contributed by atoms with E-state index in [1.54, 1.807) is 24.3 Å². The molecular weight excluding hydrogens is 338 g/mol. The Morgan fingerprint density at radius 1 is 1.35 bits per heavy atom. The zero-order valence-electron chi connectivity index (χ0n) is 11.8. The van der Waals surface area contributed by atoms with Crippen molar-refractivity contribution in [2.75, 3.05) is 0 Å². The lowest BCUT2D eigenvalue weighted by Gasteiger charge is -2.45. The standard InChI is InChI=1S/C15H11NO5S2/c1-15(13(18)19)9-8(10-11(23-15)16-14(20)22-10)6-4-2-3-5-7(6)21-12(9)17/h2-5,8-9H,1H3,(H,16,20)(H,18,19)/p-1/t8-,9-,15+/m0/s1. The Balaban J connectivity index is 2.03. The number of ether oxygens (including phenoxy) is 1. The minimum absolute atomic E-state index is 0.278. The molecule has 3 atom stereocenters. The summed E-state index contributed by atoms with van der Waals surface area (Å²) in [4.78, 5) is 39.1. The molecule has 0 aliphatic carbocycles. The zero-order valence-corrected chi connectivity index (χ0v) is 13.5. The molecule has 6 nitrogen and oxygen atoms in total. The van der Waals surface area contributed by atoms with Crippen LogP contribution < -0.4 is 14.7 Å². The number of para-hydroxylation sites is 1. The van der Waals surface area contributed by atoms with E-state index in [2.05, 4.69) is 4.98 Å². The molecule has 0 amide bonds. The monoisotopic (exact) mass is 348 g/mol. The highest BCUT2D eigenvalue weighted by molar-refractivity contribution is 8.01. The number of carboxylic acids is 1. The molecule has 0 unspecified atom stereocenters. The lowest BCUT2D eigenvalue weighted by molar-refractivity contribution is -0.310. The van der Waals surface area contributed by atoms with Gasteiger partial charge in [0.25, 0.3) is 0 Å². The van der Waals surface area contributed by atoms with Crippen LogP contribution in [0.3, 0.4) is 0 Å². The van der Waals surface area contributed by atoms with Crippen LogP contribution in [0.25, 0.3) is 0 Å². The molecule has 118 valence electrons. The number of thioether (sulfide) groups is 1. The summed E-state index contributed by atoms with van der Waals surface area (Å²) in [5.41, 5.74) is 0.710. The predicted molar refractivity (Wildman–Crippen MR) is 81.6 cm³/mol. The molecule has 3 heterocycles. The van der Waals surface area contributed by atoms with Gasteiger partial charge in [-0.25, -0.2) is 0 Å². The average molecular weight is 348 g/mol. The van der Waals surface area contributed by atoms with Crippen LogP contribution in [0.4, 0.5) is 0 Å². The van der Waals surface area contributed by atoms with Crippen LogP contribution in [0, 0.1) is 5.92 Å². The van der Waals surface area contributed by atoms with Gasteiger partial charge in [0.15, 0.2) is 0 Å². The third-order valence-corrected chi connectivity index (χ3v) is 6.75. The van der Waals surface area contributed by atoms with Gasteiger partial charge in [-0.15, -0.1) is 0 Å². The van der Waals surface area contributed by atoms with Crippen LogP contribution in [0.2, 0.25) is 0 Å². The van der Waals surface area contributed by atoms with E-state index in [1.165, 1.54) is 6.92 Å². The van der Waals surface area contributed by atoms with Gasteiger partial charge in [-0.2, -0.15) is 0 Å². The fourth-order valence-corrected chi connectivity index (χ4v) is 5.64. The maximum atomic E-state index is 12.5. The first-order valence-electron chi connectivity index (χ1n) is 6.86. The minimum Gasteiger partial charge on any atom is -0.549 e. The number of fused-ring (bicyclic) bond motifs is 5. The summed E-state index contributed by atoms with van der Waals surface area (Å²) in [7, 11) is 0. The van der Waals surface area contributed by atoms with E-state index in [9.17, 15) is 19.5 Å². The van der Waals surface area contributed by atoms with Gasteiger partial charge in [0.1, 0.15) is 5.75 Å². The van der Waals surface area contributed by atoms with E-state index in [0.29, 0.717) is 21.2 Å². The van der Waals surface area contributed by atoms with Crippen LogP contribution in [0.15, 0.2) is 34.1 Å². The van der Waals surface area contributed by atoms with Gasteiger partial charge < -0.3 is 19.6 Å². The molecule has 0 radical (unpaired) electrons. The number of H-pyrrole nitrogens is 1. The van der Waals surface area contributed by atoms with Crippen molar-refractivity contribution in [1.29, 1.82) is 0 Å². The largest absolute Gasteiger partial charge is 0.549 e. The number of carbonyl (C=O) groups excluding carboxylic acids is 2. The van der Waals surface area contributed by atoms with Crippen LogP contribution in [0.5, 0.6) is 5.75 Å². The minimum atomic E-state index is -1.52. The van der Waals surface area contributed by atoms with E-state index < -0.39 is 28.5 Å². The van der Waals surface area contributed by atoms with E-state index in [0.717, 1.165) is 23.1 Å². The molecule has 0 saturated heterocycles. The number of hydrogen-bond donors (Lipinski definition) is 1. The molecule has 0 bridgehead atoms. The molecule has 1 N–H and O–H groups in total. The highest BCUT2D eigenvalue weighted by atomic mass is 32.2. The van der Waals surface area contributed by atoms with Gasteiger partial charge >= 0.3 is 10.8 Å². The second-order valence-corrected chi connectivity index (χ2v) is 8.09. The van der Waals surface area contributed by atoms with Gasteiger partial charge in [0.2, 0.25) is 0 Å². The molecule has 2 aliphatic heterocycles. The molecule has 23 heavy (non-hydrogen) atoms. The number of thiazole rings is 1. The van der Waals surface area contributed by atoms with E-state index in [1.807, 2.05) is 0 Å². The summed E-state index contributed by atoms with van der Waals surface area (Å²) in [6.45, 7) is 1.44. The first-order valence-corrected chi connectivity index (χ1v) is 8.49. The summed E-state index contributed by atoms with van der Waals surface area (Å²) in [6, 6.07) is 6.99. The number of carbonyl (C=O) groups is 2. The van der Waals surface area contributed by atoms with Crippen LogP contribution >= 0.6 is 23.1 Å². The zero-order chi connectivity index (χ0) is 16.4. The van der Waals surface area contributed by atoms with Crippen molar-refractivity contribution in [3.63, 3.8) is 0 Å². The lowest BCUT2D eigenvalue weighted by atomic mass is 9.75. The summed E-state index contributed by atoms with van der Waals surface area (Å²) >= 11 is 1.95. The number of rotatable bonds is 1. The van der Waals surface area contributed by atoms with Crippen molar-refractivity contribution < 1.29 is 19.4 Å². The number of nitrogens with one attached hydrogen (secondary N) is 1. The molecule has 0 spiro atoms. The normalized spacial score (nSPS) is 28.3. The lowest BCUT2D eigenvalue weighted by Crippen LogP contribution is -2.56. The third-order valence-electron chi connectivity index (χ3n) is 4.29. The highest BCUT2D eigenvalue weighted by Gasteiger charge is 2.55. The summed E-state index contributed by atoms with van der Waals surface area (Å²) in [5, 5.41) is 12.3. The van der Waals surface area contributed by atoms with Crippen molar-refractivity contribution in [2.24, 2.45) is 5.92 Å². The second-order valence-electron chi connectivity index (χ2n) is 5.62. The Morgan fingerprint density at radius 3 is 2.83 bits per heavy atom.